The van der Waals surface area contributed by atoms with Gasteiger partial charge in [0, 0.05) is 24.7 Å². The summed E-state index contributed by atoms with van der Waals surface area (Å²) in [7, 11) is 0. The molecule has 0 saturated heterocycles. The van der Waals surface area contributed by atoms with Gasteiger partial charge in [0.05, 0.1) is 11.8 Å². The summed E-state index contributed by atoms with van der Waals surface area (Å²) >= 11 is 0. The van der Waals surface area contributed by atoms with Crippen molar-refractivity contribution < 1.29 is 5.11 Å². The molecular formula is C16H20N2O. The number of hydrogen-bond donors (Lipinski definition) is 1. The van der Waals surface area contributed by atoms with Gasteiger partial charge < -0.3 is 5.11 Å². The molecular weight excluding hydrogens is 236 g/mol. The number of aryl methyl sites for hydroxylation is 2. The summed E-state index contributed by atoms with van der Waals surface area (Å²) in [6.07, 6.45) is 7.29. The third-order valence-electron chi connectivity index (χ3n) is 4.03. The molecule has 3 nitrogen and oxygen atoms in total. The van der Waals surface area contributed by atoms with Gasteiger partial charge in [0.1, 0.15) is 0 Å². The van der Waals surface area contributed by atoms with Crippen molar-refractivity contribution in [2.75, 3.05) is 0 Å². The smallest absolute Gasteiger partial charge is 0.0970 e. The van der Waals surface area contributed by atoms with E-state index in [1.54, 1.807) is 0 Å². The van der Waals surface area contributed by atoms with Crippen LogP contribution in [0.2, 0.25) is 0 Å². The minimum Gasteiger partial charge on any atom is -0.385 e. The highest BCUT2D eigenvalue weighted by molar-refractivity contribution is 5.34. The highest BCUT2D eigenvalue weighted by Crippen LogP contribution is 2.36. The highest BCUT2D eigenvalue weighted by Gasteiger charge is 2.34. The Labute approximate surface area is 113 Å². The van der Waals surface area contributed by atoms with Gasteiger partial charge in [-0.25, -0.2) is 0 Å². The Kier molecular flexibility index (Phi) is 3.15. The van der Waals surface area contributed by atoms with Crippen molar-refractivity contribution in [3.8, 4) is 0 Å². The zero-order chi connectivity index (χ0) is 13.3. The van der Waals surface area contributed by atoms with Gasteiger partial charge in [0.15, 0.2) is 0 Å². The molecule has 0 amide bonds. The predicted octanol–water partition coefficient (Wildman–Crippen LogP) is 2.67. The maximum Gasteiger partial charge on any atom is 0.0970 e. The van der Waals surface area contributed by atoms with Crippen LogP contribution in [0.25, 0.3) is 0 Å². The lowest BCUT2D eigenvalue weighted by atomic mass is 9.77. The fourth-order valence-corrected chi connectivity index (χ4v) is 2.92. The molecule has 0 saturated carbocycles. The van der Waals surface area contributed by atoms with Gasteiger partial charge in [-0.1, -0.05) is 31.2 Å². The van der Waals surface area contributed by atoms with E-state index in [1.165, 1.54) is 11.1 Å². The average molecular weight is 256 g/mol. The monoisotopic (exact) mass is 256 g/mol. The Balaban J connectivity index is 1.88. The van der Waals surface area contributed by atoms with Crippen molar-refractivity contribution >= 4 is 0 Å². The lowest BCUT2D eigenvalue weighted by Crippen LogP contribution is -2.32. The standard InChI is InChI=1S/C16H20N2O/c1-2-9-18-12-15(11-17-18)16(19)8-7-13-5-3-4-6-14(13)10-16/h3-6,11-12,19H,2,7-10H2,1H3. The lowest BCUT2D eigenvalue weighted by Gasteiger charge is -2.32. The average Bonchev–Trinajstić information content (AvgIpc) is 2.88. The number of rotatable bonds is 3. The molecule has 3 heteroatoms. The summed E-state index contributed by atoms with van der Waals surface area (Å²) in [5.74, 6) is 0. The molecule has 1 aliphatic rings. The van der Waals surface area contributed by atoms with E-state index in [0.717, 1.165) is 31.4 Å². The van der Waals surface area contributed by atoms with Crippen molar-refractivity contribution in [3.63, 3.8) is 0 Å². The number of aliphatic hydroxyl groups is 1. The number of fused-ring (bicyclic) bond motifs is 1. The Morgan fingerprint density at radius 2 is 2.11 bits per heavy atom. The van der Waals surface area contributed by atoms with Gasteiger partial charge in [-0.2, -0.15) is 5.10 Å². The maximum absolute atomic E-state index is 10.9. The van der Waals surface area contributed by atoms with E-state index < -0.39 is 5.60 Å². The van der Waals surface area contributed by atoms with Crippen molar-refractivity contribution in [3.05, 3.63) is 53.3 Å². The molecule has 1 aliphatic carbocycles. The number of nitrogens with zero attached hydrogens (tertiary/aromatic N) is 2. The number of hydrogen-bond acceptors (Lipinski definition) is 2. The largest absolute Gasteiger partial charge is 0.385 e. The van der Waals surface area contributed by atoms with E-state index >= 15 is 0 Å². The van der Waals surface area contributed by atoms with Crippen LogP contribution >= 0.6 is 0 Å². The molecule has 1 heterocycles. The molecule has 0 aliphatic heterocycles. The second-order valence-corrected chi connectivity index (χ2v) is 5.47. The first kappa shape index (κ1) is 12.4. The zero-order valence-electron chi connectivity index (χ0n) is 11.3. The van der Waals surface area contributed by atoms with Gasteiger partial charge in [0.25, 0.3) is 0 Å². The minimum absolute atomic E-state index is 0.695. The van der Waals surface area contributed by atoms with Crippen molar-refractivity contribution in [2.45, 2.75) is 44.8 Å². The molecule has 1 atom stereocenters. The van der Waals surface area contributed by atoms with Crippen LogP contribution in [0.5, 0.6) is 0 Å². The lowest BCUT2D eigenvalue weighted by molar-refractivity contribution is 0.0222. The van der Waals surface area contributed by atoms with Gasteiger partial charge in [0.2, 0.25) is 0 Å². The van der Waals surface area contributed by atoms with Crippen LogP contribution in [0.3, 0.4) is 0 Å². The van der Waals surface area contributed by atoms with Crippen LogP contribution in [0, 0.1) is 0 Å². The first-order valence-electron chi connectivity index (χ1n) is 7.03. The minimum atomic E-state index is -0.750. The third-order valence-corrected chi connectivity index (χ3v) is 4.03. The van der Waals surface area contributed by atoms with Crippen molar-refractivity contribution in [1.29, 1.82) is 0 Å². The molecule has 1 unspecified atom stereocenters. The number of aromatic nitrogens is 2. The first-order valence-corrected chi connectivity index (χ1v) is 7.03. The maximum atomic E-state index is 10.9. The summed E-state index contributed by atoms with van der Waals surface area (Å²) in [6.45, 7) is 3.04. The van der Waals surface area contributed by atoms with Gasteiger partial charge in [-0.3, -0.25) is 4.68 Å². The molecule has 19 heavy (non-hydrogen) atoms. The molecule has 3 rings (SSSR count). The molecule has 1 aromatic heterocycles. The molecule has 0 bridgehead atoms. The number of benzene rings is 1. The topological polar surface area (TPSA) is 38.0 Å². The van der Waals surface area contributed by atoms with Crippen LogP contribution in [0.4, 0.5) is 0 Å². The molecule has 1 aromatic carbocycles. The summed E-state index contributed by atoms with van der Waals surface area (Å²) in [5.41, 5.74) is 2.84. The Hall–Kier alpha value is -1.61. The van der Waals surface area contributed by atoms with Crippen molar-refractivity contribution in [1.82, 2.24) is 9.78 Å². The van der Waals surface area contributed by atoms with Crippen LogP contribution in [0.15, 0.2) is 36.7 Å². The zero-order valence-corrected chi connectivity index (χ0v) is 11.3. The van der Waals surface area contributed by atoms with Crippen molar-refractivity contribution in [2.24, 2.45) is 0 Å². The highest BCUT2D eigenvalue weighted by atomic mass is 16.3. The van der Waals surface area contributed by atoms with E-state index in [-0.39, 0.29) is 0 Å². The molecule has 0 spiro atoms. The fourth-order valence-electron chi connectivity index (χ4n) is 2.92. The Morgan fingerprint density at radius 3 is 2.89 bits per heavy atom. The summed E-state index contributed by atoms with van der Waals surface area (Å²) < 4.78 is 1.92. The normalized spacial score (nSPS) is 22.2. The molecule has 0 fully saturated rings. The summed E-state index contributed by atoms with van der Waals surface area (Å²) in [6, 6.07) is 8.40. The Morgan fingerprint density at radius 1 is 1.32 bits per heavy atom. The first-order chi connectivity index (χ1) is 9.21. The van der Waals surface area contributed by atoms with E-state index in [1.807, 2.05) is 23.1 Å². The summed E-state index contributed by atoms with van der Waals surface area (Å²) in [4.78, 5) is 0. The van der Waals surface area contributed by atoms with E-state index in [2.05, 4.69) is 30.2 Å². The SMILES string of the molecule is CCCn1cc(C2(O)CCc3ccccc3C2)cn1. The third kappa shape index (κ3) is 2.30. The quantitative estimate of drug-likeness (QED) is 0.917. The van der Waals surface area contributed by atoms with E-state index in [9.17, 15) is 5.11 Å². The fraction of sp³-hybridized carbons (Fsp3) is 0.438. The van der Waals surface area contributed by atoms with Crippen LogP contribution in [-0.4, -0.2) is 14.9 Å². The van der Waals surface area contributed by atoms with E-state index in [4.69, 9.17) is 0 Å². The summed E-state index contributed by atoms with van der Waals surface area (Å²) in [5, 5.41) is 15.3. The molecule has 100 valence electrons. The molecule has 2 aromatic rings. The second-order valence-electron chi connectivity index (χ2n) is 5.47. The van der Waals surface area contributed by atoms with Crippen LogP contribution in [0.1, 0.15) is 36.5 Å². The van der Waals surface area contributed by atoms with Gasteiger partial charge in [-0.15, -0.1) is 0 Å². The van der Waals surface area contributed by atoms with Crippen LogP contribution < -0.4 is 0 Å². The van der Waals surface area contributed by atoms with Gasteiger partial charge in [-0.05, 0) is 30.4 Å². The molecule has 0 radical (unpaired) electrons. The van der Waals surface area contributed by atoms with Crippen LogP contribution in [-0.2, 0) is 25.0 Å². The van der Waals surface area contributed by atoms with Gasteiger partial charge >= 0.3 is 0 Å². The van der Waals surface area contributed by atoms with E-state index in [0.29, 0.717) is 6.42 Å². The predicted molar refractivity (Wildman–Crippen MR) is 74.9 cm³/mol. The second kappa shape index (κ2) is 4.82. The Bertz CT molecular complexity index is 576. The molecule has 1 N–H and O–H groups in total.